The Morgan fingerprint density at radius 1 is 1.28 bits per heavy atom. The third-order valence-corrected chi connectivity index (χ3v) is 5.43. The summed E-state index contributed by atoms with van der Waals surface area (Å²) >= 11 is 4.48. The number of hydrogen-bond acceptors (Lipinski definition) is 4. The van der Waals surface area contributed by atoms with Gasteiger partial charge in [0.05, 0.1) is 17.2 Å². The van der Waals surface area contributed by atoms with Crippen LogP contribution in [-0.2, 0) is 16.6 Å². The first-order chi connectivity index (χ1) is 8.54. The van der Waals surface area contributed by atoms with Crippen molar-refractivity contribution in [3.8, 4) is 0 Å². The molecular formula is C11H10BrNO3S2. The van der Waals surface area contributed by atoms with Crippen LogP contribution in [0.3, 0.4) is 0 Å². The van der Waals surface area contributed by atoms with Crippen LogP contribution in [0, 0.1) is 0 Å². The minimum Gasteiger partial charge on any atom is -0.391 e. The Bertz CT molecular complexity index is 652. The quantitative estimate of drug-likeness (QED) is 0.893. The van der Waals surface area contributed by atoms with Gasteiger partial charge in [0.1, 0.15) is 4.90 Å². The van der Waals surface area contributed by atoms with E-state index in [0.29, 0.717) is 15.0 Å². The molecule has 0 aliphatic carbocycles. The molecule has 2 rings (SSSR count). The van der Waals surface area contributed by atoms with Gasteiger partial charge < -0.3 is 5.11 Å². The van der Waals surface area contributed by atoms with Crippen LogP contribution < -0.4 is 4.72 Å². The Morgan fingerprint density at radius 2 is 2.00 bits per heavy atom. The summed E-state index contributed by atoms with van der Waals surface area (Å²) in [6.07, 6.45) is 0. The van der Waals surface area contributed by atoms with E-state index in [0.717, 1.165) is 0 Å². The molecule has 0 aliphatic heterocycles. The van der Waals surface area contributed by atoms with Crippen LogP contribution in [0.1, 0.15) is 4.88 Å². The van der Waals surface area contributed by atoms with Crippen LogP contribution in [0.4, 0.5) is 5.69 Å². The highest BCUT2D eigenvalue weighted by molar-refractivity contribution is 9.10. The number of benzene rings is 1. The molecule has 0 saturated heterocycles. The van der Waals surface area contributed by atoms with Crippen molar-refractivity contribution >= 4 is 43.0 Å². The average molecular weight is 348 g/mol. The standard InChI is InChI=1S/C11H10BrNO3S2/c12-8-3-1-2-4-9(8)13-18(15,16)11-5-6-17-10(11)7-14/h1-6,13-14H,7H2. The summed E-state index contributed by atoms with van der Waals surface area (Å²) in [5.41, 5.74) is 0.465. The third-order valence-electron chi connectivity index (χ3n) is 2.26. The molecule has 2 aromatic rings. The Hall–Kier alpha value is -0.890. The first-order valence-corrected chi connectivity index (χ1v) is 8.15. The van der Waals surface area contributed by atoms with E-state index in [-0.39, 0.29) is 11.5 Å². The zero-order chi connectivity index (χ0) is 13.2. The predicted molar refractivity (Wildman–Crippen MR) is 75.2 cm³/mol. The number of rotatable bonds is 4. The first kappa shape index (κ1) is 13.5. The van der Waals surface area contributed by atoms with Crippen LogP contribution in [0.25, 0.3) is 0 Å². The van der Waals surface area contributed by atoms with Gasteiger partial charge >= 0.3 is 0 Å². The molecule has 0 bridgehead atoms. The average Bonchev–Trinajstić information content (AvgIpc) is 2.81. The molecule has 0 aliphatic rings. The Labute approximate surface area is 117 Å². The third kappa shape index (κ3) is 2.74. The van der Waals surface area contributed by atoms with Gasteiger partial charge in [-0.1, -0.05) is 12.1 Å². The topological polar surface area (TPSA) is 66.4 Å². The van der Waals surface area contributed by atoms with Crippen molar-refractivity contribution in [3.63, 3.8) is 0 Å². The second-order valence-electron chi connectivity index (χ2n) is 3.45. The fourth-order valence-electron chi connectivity index (χ4n) is 1.43. The van der Waals surface area contributed by atoms with Gasteiger partial charge in [0, 0.05) is 4.47 Å². The number of aliphatic hydroxyl groups is 1. The van der Waals surface area contributed by atoms with Crippen molar-refractivity contribution in [2.45, 2.75) is 11.5 Å². The predicted octanol–water partition coefficient (Wildman–Crippen LogP) is 2.80. The second kappa shape index (κ2) is 5.40. The summed E-state index contributed by atoms with van der Waals surface area (Å²) < 4.78 is 27.5. The van der Waals surface area contributed by atoms with E-state index in [1.807, 2.05) is 0 Å². The monoisotopic (exact) mass is 347 g/mol. The molecule has 0 amide bonds. The highest BCUT2D eigenvalue weighted by Gasteiger charge is 2.20. The van der Waals surface area contributed by atoms with Gasteiger partial charge in [-0.2, -0.15) is 0 Å². The summed E-state index contributed by atoms with van der Waals surface area (Å²) in [6.45, 7) is -0.288. The van der Waals surface area contributed by atoms with Crippen molar-refractivity contribution in [2.75, 3.05) is 4.72 Å². The maximum Gasteiger partial charge on any atom is 0.263 e. The van der Waals surface area contributed by atoms with E-state index < -0.39 is 10.0 Å². The van der Waals surface area contributed by atoms with Crippen molar-refractivity contribution in [2.24, 2.45) is 0 Å². The smallest absolute Gasteiger partial charge is 0.263 e. The SMILES string of the molecule is O=S(=O)(Nc1ccccc1Br)c1ccsc1CO. The largest absolute Gasteiger partial charge is 0.391 e. The molecule has 0 saturated carbocycles. The van der Waals surface area contributed by atoms with Crippen LogP contribution in [0.5, 0.6) is 0 Å². The lowest BCUT2D eigenvalue weighted by atomic mass is 10.3. The number of thiophene rings is 1. The first-order valence-electron chi connectivity index (χ1n) is 4.99. The molecule has 7 heteroatoms. The summed E-state index contributed by atoms with van der Waals surface area (Å²) in [5.74, 6) is 0. The number of halogens is 1. The summed E-state index contributed by atoms with van der Waals surface area (Å²) in [6, 6.07) is 8.43. The number of hydrogen-bond donors (Lipinski definition) is 2. The Balaban J connectivity index is 2.37. The number of anilines is 1. The zero-order valence-electron chi connectivity index (χ0n) is 9.13. The van der Waals surface area contributed by atoms with Crippen LogP contribution in [-0.4, -0.2) is 13.5 Å². The molecule has 96 valence electrons. The molecular weight excluding hydrogens is 338 g/mol. The molecule has 1 aromatic carbocycles. The van der Waals surface area contributed by atoms with Crippen LogP contribution >= 0.6 is 27.3 Å². The van der Waals surface area contributed by atoms with Gasteiger partial charge in [-0.25, -0.2) is 8.42 Å². The van der Waals surface area contributed by atoms with E-state index in [2.05, 4.69) is 20.7 Å². The van der Waals surface area contributed by atoms with E-state index >= 15 is 0 Å². The fourth-order valence-corrected chi connectivity index (χ4v) is 4.32. The lowest BCUT2D eigenvalue weighted by Crippen LogP contribution is -2.14. The molecule has 0 fully saturated rings. The Morgan fingerprint density at radius 3 is 2.67 bits per heavy atom. The maximum atomic E-state index is 12.2. The van der Waals surface area contributed by atoms with Gasteiger partial charge in [-0.05, 0) is 39.5 Å². The molecule has 1 aromatic heterocycles. The lowest BCUT2D eigenvalue weighted by Gasteiger charge is -2.09. The summed E-state index contributed by atoms with van der Waals surface area (Å²) in [4.78, 5) is 0.542. The number of nitrogens with one attached hydrogen (secondary N) is 1. The molecule has 0 atom stereocenters. The maximum absolute atomic E-state index is 12.2. The molecule has 1 heterocycles. The van der Waals surface area contributed by atoms with Gasteiger partial charge in [0.2, 0.25) is 0 Å². The lowest BCUT2D eigenvalue weighted by molar-refractivity contribution is 0.282. The summed E-state index contributed by atoms with van der Waals surface area (Å²) in [7, 11) is -3.66. The minimum absolute atomic E-state index is 0.116. The Kier molecular flexibility index (Phi) is 4.06. The summed E-state index contributed by atoms with van der Waals surface area (Å²) in [5, 5.41) is 10.7. The molecule has 0 radical (unpaired) electrons. The zero-order valence-corrected chi connectivity index (χ0v) is 12.3. The van der Waals surface area contributed by atoms with Gasteiger partial charge in [-0.15, -0.1) is 11.3 Å². The van der Waals surface area contributed by atoms with Gasteiger partial charge in [0.15, 0.2) is 0 Å². The van der Waals surface area contributed by atoms with Crippen LogP contribution in [0.15, 0.2) is 45.1 Å². The molecule has 0 spiro atoms. The molecule has 4 nitrogen and oxygen atoms in total. The number of para-hydroxylation sites is 1. The number of aliphatic hydroxyl groups excluding tert-OH is 1. The normalized spacial score (nSPS) is 11.4. The van der Waals surface area contributed by atoms with Gasteiger partial charge in [0.25, 0.3) is 10.0 Å². The second-order valence-corrected chi connectivity index (χ2v) is 6.96. The molecule has 0 unspecified atom stereocenters. The van der Waals surface area contributed by atoms with Crippen molar-refractivity contribution in [1.82, 2.24) is 0 Å². The van der Waals surface area contributed by atoms with Crippen molar-refractivity contribution in [3.05, 3.63) is 45.1 Å². The van der Waals surface area contributed by atoms with E-state index in [9.17, 15) is 8.42 Å². The van der Waals surface area contributed by atoms with Gasteiger partial charge in [-0.3, -0.25) is 4.72 Å². The highest BCUT2D eigenvalue weighted by Crippen LogP contribution is 2.27. The van der Waals surface area contributed by atoms with Crippen molar-refractivity contribution in [1.29, 1.82) is 0 Å². The van der Waals surface area contributed by atoms with Crippen molar-refractivity contribution < 1.29 is 13.5 Å². The molecule has 18 heavy (non-hydrogen) atoms. The van der Waals surface area contributed by atoms with E-state index in [1.54, 1.807) is 29.6 Å². The minimum atomic E-state index is -3.66. The number of sulfonamides is 1. The van der Waals surface area contributed by atoms with Crippen LogP contribution in [0.2, 0.25) is 0 Å². The fraction of sp³-hybridized carbons (Fsp3) is 0.0909. The highest BCUT2D eigenvalue weighted by atomic mass is 79.9. The molecule has 2 N–H and O–H groups in total. The van der Waals surface area contributed by atoms with E-state index in [4.69, 9.17) is 5.11 Å². The van der Waals surface area contributed by atoms with E-state index in [1.165, 1.54) is 17.4 Å².